The van der Waals surface area contributed by atoms with E-state index in [4.69, 9.17) is 9.47 Å². The molecule has 0 radical (unpaired) electrons. The molecule has 0 N–H and O–H groups in total. The van der Waals surface area contributed by atoms with Crippen molar-refractivity contribution in [3.63, 3.8) is 0 Å². The summed E-state index contributed by atoms with van der Waals surface area (Å²) in [6, 6.07) is 9.46. The lowest BCUT2D eigenvalue weighted by atomic mass is 9.98. The molecule has 6 heteroatoms. The van der Waals surface area contributed by atoms with Crippen LogP contribution in [0.3, 0.4) is 0 Å². The Kier molecular flexibility index (Phi) is 4.79. The molecule has 2 heterocycles. The molecule has 2 aliphatic rings. The molecule has 2 aliphatic heterocycles. The van der Waals surface area contributed by atoms with E-state index in [2.05, 4.69) is 0 Å². The zero-order valence-electron chi connectivity index (χ0n) is 14.9. The van der Waals surface area contributed by atoms with Crippen LogP contribution in [0, 0.1) is 5.82 Å². The second-order valence-electron chi connectivity index (χ2n) is 6.82. The van der Waals surface area contributed by atoms with Crippen LogP contribution in [0.25, 0.3) is 0 Å². The Morgan fingerprint density at radius 2 is 1.70 bits per heavy atom. The average molecular weight is 369 g/mol. The number of benzene rings is 2. The smallest absolute Gasteiger partial charge is 0.231 e. The second kappa shape index (κ2) is 7.39. The van der Waals surface area contributed by atoms with E-state index in [1.165, 1.54) is 29.8 Å². The fourth-order valence-corrected chi connectivity index (χ4v) is 3.50. The van der Waals surface area contributed by atoms with Gasteiger partial charge in [-0.05, 0) is 60.4 Å². The van der Waals surface area contributed by atoms with Gasteiger partial charge in [0.1, 0.15) is 5.82 Å². The van der Waals surface area contributed by atoms with Gasteiger partial charge in [0.05, 0.1) is 0 Å². The molecule has 0 saturated heterocycles. The highest BCUT2D eigenvalue weighted by atomic mass is 19.1. The van der Waals surface area contributed by atoms with Crippen LogP contribution in [-0.4, -0.2) is 29.9 Å². The number of nitrogens with zero attached hydrogens (tertiary/aromatic N) is 1. The normalized spacial score (nSPS) is 14.8. The van der Waals surface area contributed by atoms with Gasteiger partial charge >= 0.3 is 0 Å². The summed E-state index contributed by atoms with van der Waals surface area (Å²) in [5.41, 5.74) is 2.75. The summed E-state index contributed by atoms with van der Waals surface area (Å²) in [7, 11) is 0. The molecule has 1 amide bonds. The standard InChI is InChI=1S/C21H20FNO4/c22-17-6-4-14(5-7-17)18(24)2-1-3-21(25)23-9-8-15-10-19-20(27-13-26-19)11-16(15)12-23/h4-7,10-11H,1-3,8-9,12-13H2. The van der Waals surface area contributed by atoms with E-state index < -0.39 is 0 Å². The number of hydrogen-bond acceptors (Lipinski definition) is 4. The molecule has 27 heavy (non-hydrogen) atoms. The third kappa shape index (κ3) is 3.79. The summed E-state index contributed by atoms with van der Waals surface area (Å²) in [4.78, 5) is 26.5. The number of fused-ring (bicyclic) bond motifs is 2. The highest BCUT2D eigenvalue weighted by Gasteiger charge is 2.24. The van der Waals surface area contributed by atoms with Crippen molar-refractivity contribution < 1.29 is 23.5 Å². The monoisotopic (exact) mass is 369 g/mol. The zero-order valence-corrected chi connectivity index (χ0v) is 14.9. The maximum atomic E-state index is 12.9. The zero-order chi connectivity index (χ0) is 18.8. The van der Waals surface area contributed by atoms with Gasteiger partial charge in [0, 0.05) is 31.5 Å². The molecule has 0 aliphatic carbocycles. The van der Waals surface area contributed by atoms with Gasteiger partial charge in [-0.15, -0.1) is 0 Å². The van der Waals surface area contributed by atoms with Gasteiger partial charge in [-0.2, -0.15) is 0 Å². The van der Waals surface area contributed by atoms with Crippen molar-refractivity contribution in [3.05, 3.63) is 58.9 Å². The minimum atomic E-state index is -0.366. The van der Waals surface area contributed by atoms with Crippen molar-refractivity contribution in [2.24, 2.45) is 0 Å². The van der Waals surface area contributed by atoms with E-state index in [0.717, 1.165) is 23.5 Å². The van der Waals surface area contributed by atoms with E-state index in [9.17, 15) is 14.0 Å². The maximum absolute atomic E-state index is 12.9. The van der Waals surface area contributed by atoms with Crippen molar-refractivity contribution in [3.8, 4) is 11.5 Å². The van der Waals surface area contributed by atoms with Crippen LogP contribution in [0.4, 0.5) is 4.39 Å². The number of rotatable bonds is 5. The first-order chi connectivity index (χ1) is 13.1. The quantitative estimate of drug-likeness (QED) is 0.757. The predicted octanol–water partition coefficient (Wildman–Crippen LogP) is 3.49. The molecule has 0 unspecified atom stereocenters. The topological polar surface area (TPSA) is 55.8 Å². The molecule has 5 nitrogen and oxygen atoms in total. The van der Waals surface area contributed by atoms with Crippen molar-refractivity contribution in [1.29, 1.82) is 0 Å². The lowest BCUT2D eigenvalue weighted by molar-refractivity contribution is -0.132. The van der Waals surface area contributed by atoms with Gasteiger partial charge < -0.3 is 14.4 Å². The van der Waals surface area contributed by atoms with Gasteiger partial charge in [-0.3, -0.25) is 9.59 Å². The van der Waals surface area contributed by atoms with E-state index in [1.807, 2.05) is 17.0 Å². The molecule has 2 aromatic rings. The van der Waals surface area contributed by atoms with Gasteiger partial charge in [0.15, 0.2) is 17.3 Å². The van der Waals surface area contributed by atoms with Crippen LogP contribution < -0.4 is 9.47 Å². The largest absolute Gasteiger partial charge is 0.454 e. The van der Waals surface area contributed by atoms with Gasteiger partial charge in [-0.25, -0.2) is 4.39 Å². The van der Waals surface area contributed by atoms with Crippen molar-refractivity contribution in [2.75, 3.05) is 13.3 Å². The van der Waals surface area contributed by atoms with Gasteiger partial charge in [-0.1, -0.05) is 0 Å². The fraction of sp³-hybridized carbons (Fsp3) is 0.333. The summed E-state index contributed by atoms with van der Waals surface area (Å²) in [6.45, 7) is 1.46. The molecule has 0 bridgehead atoms. The Balaban J connectivity index is 1.30. The number of ether oxygens (including phenoxy) is 2. The molecule has 0 fully saturated rings. The highest BCUT2D eigenvalue weighted by molar-refractivity contribution is 5.96. The Hall–Kier alpha value is -2.89. The first-order valence-corrected chi connectivity index (χ1v) is 9.08. The first-order valence-electron chi connectivity index (χ1n) is 9.08. The van der Waals surface area contributed by atoms with Crippen LogP contribution in [0.2, 0.25) is 0 Å². The number of carbonyl (C=O) groups excluding carboxylic acids is 2. The van der Waals surface area contributed by atoms with Crippen LogP contribution in [0.1, 0.15) is 40.7 Å². The van der Waals surface area contributed by atoms with Crippen LogP contribution in [0.15, 0.2) is 36.4 Å². The van der Waals surface area contributed by atoms with Crippen LogP contribution >= 0.6 is 0 Å². The molecule has 0 spiro atoms. The summed E-state index contributed by atoms with van der Waals surface area (Å²) >= 11 is 0. The molecule has 4 rings (SSSR count). The number of amides is 1. The van der Waals surface area contributed by atoms with Crippen LogP contribution in [-0.2, 0) is 17.8 Å². The first kappa shape index (κ1) is 17.5. The molecule has 2 aromatic carbocycles. The third-order valence-electron chi connectivity index (χ3n) is 5.02. The third-order valence-corrected chi connectivity index (χ3v) is 5.02. The number of hydrogen-bond donors (Lipinski definition) is 0. The van der Waals surface area contributed by atoms with Gasteiger partial charge in [0.25, 0.3) is 0 Å². The Morgan fingerprint density at radius 3 is 2.44 bits per heavy atom. The number of Topliss-reactive ketones (excluding diaryl/α,β-unsaturated/α-hetero) is 1. The molecule has 0 saturated carbocycles. The lowest BCUT2D eigenvalue weighted by Crippen LogP contribution is -2.35. The fourth-order valence-electron chi connectivity index (χ4n) is 3.50. The minimum absolute atomic E-state index is 0.0465. The Labute approximate surface area is 156 Å². The number of carbonyl (C=O) groups is 2. The molecular weight excluding hydrogens is 349 g/mol. The summed E-state index contributed by atoms with van der Waals surface area (Å²) < 4.78 is 23.7. The minimum Gasteiger partial charge on any atom is -0.454 e. The average Bonchev–Trinajstić information content (AvgIpc) is 3.13. The SMILES string of the molecule is O=C(CCCC(=O)N1CCc2cc3c(cc2C1)OCO3)c1ccc(F)cc1. The van der Waals surface area contributed by atoms with Crippen molar-refractivity contribution >= 4 is 11.7 Å². The Morgan fingerprint density at radius 1 is 1.00 bits per heavy atom. The maximum Gasteiger partial charge on any atom is 0.231 e. The van der Waals surface area contributed by atoms with Crippen molar-refractivity contribution in [1.82, 2.24) is 4.90 Å². The second-order valence-corrected chi connectivity index (χ2v) is 6.82. The van der Waals surface area contributed by atoms with Gasteiger partial charge in [0.2, 0.25) is 12.7 Å². The number of ketones is 1. The summed E-state index contributed by atoms with van der Waals surface area (Å²) in [5, 5.41) is 0. The van der Waals surface area contributed by atoms with E-state index in [0.29, 0.717) is 31.5 Å². The molecule has 140 valence electrons. The predicted molar refractivity (Wildman–Crippen MR) is 96.3 cm³/mol. The van der Waals surface area contributed by atoms with Crippen LogP contribution in [0.5, 0.6) is 11.5 Å². The Bertz CT molecular complexity index is 878. The summed E-state index contributed by atoms with van der Waals surface area (Å²) in [5.74, 6) is 1.11. The van der Waals surface area contributed by atoms with E-state index >= 15 is 0 Å². The molecule has 0 atom stereocenters. The van der Waals surface area contributed by atoms with Crippen molar-refractivity contribution in [2.45, 2.75) is 32.2 Å². The lowest BCUT2D eigenvalue weighted by Gasteiger charge is -2.29. The summed E-state index contributed by atoms with van der Waals surface area (Å²) in [6.07, 6.45) is 1.87. The highest BCUT2D eigenvalue weighted by Crippen LogP contribution is 2.36. The van der Waals surface area contributed by atoms with E-state index in [1.54, 1.807) is 0 Å². The van der Waals surface area contributed by atoms with E-state index in [-0.39, 0.29) is 30.7 Å². The number of halogens is 1. The molecular formula is C21H20FNO4. The molecule has 0 aromatic heterocycles.